The minimum Gasteiger partial charge on any atom is -0.478 e. The van der Waals surface area contributed by atoms with Crippen LogP contribution in [0.5, 0.6) is 0 Å². The zero-order valence-electron chi connectivity index (χ0n) is 18.5. The second-order valence-corrected chi connectivity index (χ2v) is 8.93. The van der Waals surface area contributed by atoms with E-state index in [1.807, 2.05) is 12.1 Å². The molecule has 0 saturated heterocycles. The van der Waals surface area contributed by atoms with E-state index in [-0.39, 0.29) is 11.0 Å². The van der Waals surface area contributed by atoms with Crippen LogP contribution in [-0.2, 0) is 5.41 Å². The number of benzene rings is 4. The molecule has 0 atom stereocenters. The number of aromatic carboxylic acids is 1. The zero-order chi connectivity index (χ0) is 22.5. The quantitative estimate of drug-likeness (QED) is 0.373. The summed E-state index contributed by atoms with van der Waals surface area (Å²) < 4.78 is 0. The molecule has 0 fully saturated rings. The van der Waals surface area contributed by atoms with Gasteiger partial charge in [-0.05, 0) is 77.2 Å². The topological polar surface area (TPSA) is 40.5 Å². The predicted molar refractivity (Wildman–Crippen MR) is 130 cm³/mol. The van der Waals surface area contributed by atoms with Gasteiger partial charge in [-0.1, -0.05) is 62.4 Å². The van der Waals surface area contributed by atoms with E-state index in [1.54, 1.807) is 18.2 Å². The molecule has 1 aliphatic rings. The van der Waals surface area contributed by atoms with E-state index >= 15 is 0 Å². The zero-order valence-corrected chi connectivity index (χ0v) is 18.5. The first-order valence-electron chi connectivity index (χ1n) is 10.8. The first-order valence-corrected chi connectivity index (χ1v) is 10.8. The van der Waals surface area contributed by atoms with Gasteiger partial charge in [-0.15, -0.1) is 0 Å². The molecule has 0 aromatic heterocycles. The molecular formula is C29H25NO2. The van der Waals surface area contributed by atoms with Gasteiger partial charge in [0.2, 0.25) is 0 Å². The molecule has 158 valence electrons. The van der Waals surface area contributed by atoms with Crippen LogP contribution in [0.4, 0.5) is 17.1 Å². The van der Waals surface area contributed by atoms with Gasteiger partial charge in [0.25, 0.3) is 0 Å². The molecule has 4 aromatic carbocycles. The summed E-state index contributed by atoms with van der Waals surface area (Å²) in [6, 6.07) is 30.6. The Labute approximate surface area is 188 Å². The van der Waals surface area contributed by atoms with Crippen molar-refractivity contribution in [1.82, 2.24) is 0 Å². The number of rotatable bonds is 4. The van der Waals surface area contributed by atoms with Gasteiger partial charge in [0, 0.05) is 22.5 Å². The molecular weight excluding hydrogens is 394 g/mol. The molecule has 0 spiro atoms. The normalized spacial score (nSPS) is 13.3. The maximum Gasteiger partial charge on any atom is 0.335 e. The van der Waals surface area contributed by atoms with E-state index < -0.39 is 5.97 Å². The minimum absolute atomic E-state index is 0.108. The molecule has 1 N–H and O–H groups in total. The van der Waals surface area contributed by atoms with Crippen molar-refractivity contribution in [3.8, 4) is 11.1 Å². The van der Waals surface area contributed by atoms with Gasteiger partial charge >= 0.3 is 5.97 Å². The fourth-order valence-electron chi connectivity index (χ4n) is 4.82. The maximum atomic E-state index is 11.6. The monoisotopic (exact) mass is 419 g/mol. The van der Waals surface area contributed by atoms with Crippen molar-refractivity contribution in [2.24, 2.45) is 0 Å². The Bertz CT molecular complexity index is 1350. The second-order valence-electron chi connectivity index (χ2n) is 8.93. The first-order chi connectivity index (χ1) is 15.4. The lowest BCUT2D eigenvalue weighted by molar-refractivity contribution is 0.0697. The summed E-state index contributed by atoms with van der Waals surface area (Å²) in [4.78, 5) is 13.8. The summed E-state index contributed by atoms with van der Waals surface area (Å²) in [5.74, 6) is -0.929. The average Bonchev–Trinajstić information content (AvgIpc) is 3.01. The van der Waals surface area contributed by atoms with Gasteiger partial charge in [0.15, 0.2) is 0 Å². The summed E-state index contributed by atoms with van der Waals surface area (Å²) in [7, 11) is 0. The molecule has 0 saturated carbocycles. The smallest absolute Gasteiger partial charge is 0.335 e. The Morgan fingerprint density at radius 2 is 1.38 bits per heavy atom. The summed E-state index contributed by atoms with van der Waals surface area (Å²) in [6.45, 7) is 6.60. The van der Waals surface area contributed by atoms with E-state index in [1.165, 1.54) is 22.3 Å². The fourth-order valence-corrected chi connectivity index (χ4v) is 4.82. The van der Waals surface area contributed by atoms with Crippen LogP contribution in [0.3, 0.4) is 0 Å². The highest BCUT2D eigenvalue weighted by Gasteiger charge is 2.35. The van der Waals surface area contributed by atoms with Crippen LogP contribution in [0.2, 0.25) is 0 Å². The van der Waals surface area contributed by atoms with E-state index in [0.717, 1.165) is 22.6 Å². The average molecular weight is 420 g/mol. The molecule has 0 heterocycles. The van der Waals surface area contributed by atoms with Crippen molar-refractivity contribution in [1.29, 1.82) is 0 Å². The third-order valence-electron chi connectivity index (χ3n) is 6.44. The number of carboxylic acid groups (broad SMARTS) is 1. The van der Waals surface area contributed by atoms with Crippen LogP contribution >= 0.6 is 0 Å². The predicted octanol–water partition coefficient (Wildman–Crippen LogP) is 7.47. The van der Waals surface area contributed by atoms with E-state index in [2.05, 4.69) is 86.3 Å². The Morgan fingerprint density at radius 3 is 2.12 bits per heavy atom. The lowest BCUT2D eigenvalue weighted by Gasteiger charge is -2.28. The number of carbonyl (C=O) groups is 1. The Hall–Kier alpha value is -3.85. The van der Waals surface area contributed by atoms with Gasteiger partial charge in [0.1, 0.15) is 0 Å². The van der Waals surface area contributed by atoms with Crippen molar-refractivity contribution in [2.75, 3.05) is 4.90 Å². The van der Waals surface area contributed by atoms with Gasteiger partial charge < -0.3 is 10.0 Å². The van der Waals surface area contributed by atoms with E-state index in [4.69, 9.17) is 0 Å². The molecule has 0 unspecified atom stereocenters. The second kappa shape index (κ2) is 7.38. The molecule has 0 bridgehead atoms. The number of fused-ring (bicyclic) bond motifs is 3. The number of nitrogens with zero attached hydrogens (tertiary/aromatic N) is 1. The Morgan fingerprint density at radius 1 is 0.719 bits per heavy atom. The lowest BCUT2D eigenvalue weighted by Crippen LogP contribution is -2.16. The number of hydrogen-bond acceptors (Lipinski definition) is 2. The van der Waals surface area contributed by atoms with Crippen LogP contribution in [0.15, 0.2) is 91.0 Å². The SMILES string of the molecule is Cc1cccc(N(c2cccc(C(=O)O)c2)c2ccc3c(c2)C(C)(C)c2ccccc2-3)c1. The van der Waals surface area contributed by atoms with Crippen molar-refractivity contribution in [2.45, 2.75) is 26.2 Å². The van der Waals surface area contributed by atoms with Crippen LogP contribution in [0.25, 0.3) is 11.1 Å². The van der Waals surface area contributed by atoms with Crippen LogP contribution in [-0.4, -0.2) is 11.1 Å². The fraction of sp³-hybridized carbons (Fsp3) is 0.138. The van der Waals surface area contributed by atoms with Crippen LogP contribution in [0.1, 0.15) is 40.9 Å². The molecule has 3 heteroatoms. The number of anilines is 3. The summed E-state index contributed by atoms with van der Waals surface area (Å²) in [5, 5.41) is 9.55. The van der Waals surface area contributed by atoms with Crippen molar-refractivity contribution >= 4 is 23.0 Å². The van der Waals surface area contributed by atoms with Gasteiger partial charge in [-0.25, -0.2) is 4.79 Å². The molecule has 4 aromatic rings. The summed E-state index contributed by atoms with van der Waals surface area (Å²) in [6.07, 6.45) is 0. The summed E-state index contributed by atoms with van der Waals surface area (Å²) >= 11 is 0. The van der Waals surface area contributed by atoms with Crippen LogP contribution in [0, 0.1) is 6.92 Å². The highest BCUT2D eigenvalue weighted by atomic mass is 16.4. The lowest BCUT2D eigenvalue weighted by atomic mass is 9.82. The molecule has 32 heavy (non-hydrogen) atoms. The highest BCUT2D eigenvalue weighted by molar-refractivity contribution is 5.91. The van der Waals surface area contributed by atoms with Gasteiger partial charge in [-0.3, -0.25) is 0 Å². The van der Waals surface area contributed by atoms with Gasteiger partial charge in [-0.2, -0.15) is 0 Å². The molecule has 1 aliphatic carbocycles. The van der Waals surface area contributed by atoms with Crippen molar-refractivity contribution in [3.63, 3.8) is 0 Å². The Kier molecular flexibility index (Phi) is 4.63. The molecule has 0 radical (unpaired) electrons. The number of aryl methyl sites for hydroxylation is 1. The van der Waals surface area contributed by atoms with Crippen LogP contribution < -0.4 is 4.90 Å². The first kappa shape index (κ1) is 20.1. The largest absolute Gasteiger partial charge is 0.478 e. The number of carboxylic acids is 1. The van der Waals surface area contributed by atoms with Crippen molar-refractivity contribution in [3.05, 3.63) is 113 Å². The molecule has 0 amide bonds. The highest BCUT2D eigenvalue weighted by Crippen LogP contribution is 2.50. The third-order valence-corrected chi connectivity index (χ3v) is 6.44. The van der Waals surface area contributed by atoms with Crippen molar-refractivity contribution < 1.29 is 9.90 Å². The standard InChI is InChI=1S/C29H25NO2/c1-19-8-6-10-21(16-19)30(22-11-7-9-20(17-22)28(31)32)23-14-15-25-24-12-4-5-13-26(24)29(2,3)27(25)18-23/h4-18H,1-3H3,(H,31,32). The van der Waals surface area contributed by atoms with Gasteiger partial charge in [0.05, 0.1) is 5.56 Å². The molecule has 0 aliphatic heterocycles. The van der Waals surface area contributed by atoms with E-state index in [0.29, 0.717) is 0 Å². The van der Waals surface area contributed by atoms with E-state index in [9.17, 15) is 9.90 Å². The molecule has 3 nitrogen and oxygen atoms in total. The molecule has 5 rings (SSSR count). The third kappa shape index (κ3) is 3.18. The number of hydrogen-bond donors (Lipinski definition) is 1. The Balaban J connectivity index is 1.71. The maximum absolute atomic E-state index is 11.6. The minimum atomic E-state index is -0.929. The summed E-state index contributed by atoms with van der Waals surface area (Å²) in [5.41, 5.74) is 9.31.